The molecule has 0 aromatic heterocycles. The van der Waals surface area contributed by atoms with Crippen molar-refractivity contribution in [3.05, 3.63) is 47.9 Å². The Morgan fingerprint density at radius 1 is 1.31 bits per heavy atom. The van der Waals surface area contributed by atoms with E-state index in [2.05, 4.69) is 23.5 Å². The predicted octanol–water partition coefficient (Wildman–Crippen LogP) is 2.12. The van der Waals surface area contributed by atoms with Crippen LogP contribution in [0.2, 0.25) is 0 Å². The summed E-state index contributed by atoms with van der Waals surface area (Å²) in [4.78, 5) is 0. The third kappa shape index (κ3) is 1.45. The molecule has 3 rings (SSSR count). The molecule has 1 fully saturated rings. The number of aliphatic hydroxyl groups excluding tert-OH is 1. The van der Waals surface area contributed by atoms with Gasteiger partial charge in [-0.3, -0.25) is 0 Å². The molecule has 2 N–H and O–H groups in total. The zero-order valence-electron chi connectivity index (χ0n) is 9.26. The zero-order chi connectivity index (χ0) is 11.0. The number of nitrogens with one attached hydrogen (secondary N) is 1. The average molecular weight is 215 g/mol. The van der Waals surface area contributed by atoms with E-state index in [1.165, 1.54) is 11.3 Å². The highest BCUT2D eigenvalue weighted by Gasteiger charge is 2.43. The van der Waals surface area contributed by atoms with Crippen molar-refractivity contribution in [2.24, 2.45) is 17.8 Å². The zero-order valence-corrected chi connectivity index (χ0v) is 9.26. The molecule has 0 amide bonds. The van der Waals surface area contributed by atoms with Crippen molar-refractivity contribution < 1.29 is 5.11 Å². The molecule has 84 valence electrons. The summed E-state index contributed by atoms with van der Waals surface area (Å²) in [6.45, 7) is 0.331. The monoisotopic (exact) mass is 215 g/mol. The Labute approximate surface area is 96.1 Å². The quantitative estimate of drug-likeness (QED) is 0.691. The van der Waals surface area contributed by atoms with Gasteiger partial charge < -0.3 is 10.4 Å². The Morgan fingerprint density at radius 3 is 3.06 bits per heavy atom. The van der Waals surface area contributed by atoms with Crippen molar-refractivity contribution in [2.45, 2.75) is 12.8 Å². The maximum absolute atomic E-state index is 9.36. The van der Waals surface area contributed by atoms with E-state index in [4.69, 9.17) is 0 Å². The SMILES string of the molecule is OCC1CC2=CCC1C2C1=CC=CC=CN1. The molecule has 3 atom stereocenters. The molecule has 2 aliphatic carbocycles. The summed E-state index contributed by atoms with van der Waals surface area (Å²) in [7, 11) is 0. The van der Waals surface area contributed by atoms with Crippen LogP contribution >= 0.6 is 0 Å². The largest absolute Gasteiger partial charge is 0.396 e. The first kappa shape index (κ1) is 9.91. The first-order chi connectivity index (χ1) is 7.90. The van der Waals surface area contributed by atoms with Gasteiger partial charge in [0.1, 0.15) is 0 Å². The molecule has 0 aromatic carbocycles. The molecule has 1 saturated carbocycles. The smallest absolute Gasteiger partial charge is 0.0465 e. The molecule has 2 heteroatoms. The van der Waals surface area contributed by atoms with Crippen molar-refractivity contribution in [2.75, 3.05) is 6.61 Å². The molecule has 3 unspecified atom stereocenters. The molecular formula is C14H17NO. The van der Waals surface area contributed by atoms with Gasteiger partial charge in [-0.2, -0.15) is 0 Å². The molecule has 0 saturated heterocycles. The summed E-state index contributed by atoms with van der Waals surface area (Å²) in [5, 5.41) is 12.7. The van der Waals surface area contributed by atoms with Gasteiger partial charge in [-0.15, -0.1) is 0 Å². The van der Waals surface area contributed by atoms with Gasteiger partial charge in [-0.05, 0) is 36.8 Å². The number of fused-ring (bicyclic) bond motifs is 2. The van der Waals surface area contributed by atoms with Crippen molar-refractivity contribution in [3.8, 4) is 0 Å². The van der Waals surface area contributed by atoms with Crippen LogP contribution in [0.25, 0.3) is 0 Å². The van der Waals surface area contributed by atoms with Crippen LogP contribution in [0.1, 0.15) is 12.8 Å². The fraction of sp³-hybridized carbons (Fsp3) is 0.429. The second-order valence-corrected chi connectivity index (χ2v) is 4.81. The van der Waals surface area contributed by atoms with E-state index in [1.54, 1.807) is 0 Å². The average Bonchev–Trinajstić information content (AvgIpc) is 2.76. The van der Waals surface area contributed by atoms with Gasteiger partial charge in [0.05, 0.1) is 0 Å². The lowest BCUT2D eigenvalue weighted by molar-refractivity contribution is 0.185. The van der Waals surface area contributed by atoms with E-state index in [0.717, 1.165) is 12.8 Å². The summed E-state index contributed by atoms with van der Waals surface area (Å²) in [5.74, 6) is 1.60. The maximum atomic E-state index is 9.36. The fourth-order valence-electron chi connectivity index (χ4n) is 3.25. The Morgan fingerprint density at radius 2 is 2.25 bits per heavy atom. The second-order valence-electron chi connectivity index (χ2n) is 4.81. The number of aliphatic hydroxyl groups is 1. The van der Waals surface area contributed by atoms with Gasteiger partial charge >= 0.3 is 0 Å². The van der Waals surface area contributed by atoms with E-state index in [9.17, 15) is 5.11 Å². The first-order valence-corrected chi connectivity index (χ1v) is 6.00. The molecule has 0 radical (unpaired) electrons. The van der Waals surface area contributed by atoms with E-state index in [-0.39, 0.29) is 0 Å². The van der Waals surface area contributed by atoms with E-state index in [0.29, 0.717) is 24.4 Å². The second kappa shape index (κ2) is 3.95. The van der Waals surface area contributed by atoms with Gasteiger partial charge in [0.25, 0.3) is 0 Å². The topological polar surface area (TPSA) is 32.3 Å². The highest BCUT2D eigenvalue weighted by Crippen LogP contribution is 2.51. The van der Waals surface area contributed by atoms with Crippen LogP contribution in [0.15, 0.2) is 47.9 Å². The van der Waals surface area contributed by atoms with Crippen LogP contribution in [0.4, 0.5) is 0 Å². The van der Waals surface area contributed by atoms with Gasteiger partial charge in [-0.1, -0.05) is 23.8 Å². The van der Waals surface area contributed by atoms with Crippen LogP contribution in [0.3, 0.4) is 0 Å². The Balaban J connectivity index is 1.87. The first-order valence-electron chi connectivity index (χ1n) is 6.00. The number of rotatable bonds is 2. The van der Waals surface area contributed by atoms with Crippen LogP contribution < -0.4 is 5.32 Å². The Kier molecular flexibility index (Phi) is 2.44. The third-order valence-electron chi connectivity index (χ3n) is 4.00. The van der Waals surface area contributed by atoms with Crippen LogP contribution in [-0.4, -0.2) is 11.7 Å². The molecule has 0 aromatic rings. The lowest BCUT2D eigenvalue weighted by atomic mass is 9.87. The summed E-state index contributed by atoms with van der Waals surface area (Å²) in [5.41, 5.74) is 2.81. The van der Waals surface area contributed by atoms with Crippen molar-refractivity contribution >= 4 is 0 Å². The maximum Gasteiger partial charge on any atom is 0.0465 e. The highest BCUT2D eigenvalue weighted by atomic mass is 16.3. The van der Waals surface area contributed by atoms with Crippen LogP contribution in [0.5, 0.6) is 0 Å². The van der Waals surface area contributed by atoms with Crippen molar-refractivity contribution in [1.29, 1.82) is 0 Å². The molecule has 0 spiro atoms. The Hall–Kier alpha value is -1.28. The van der Waals surface area contributed by atoms with Gasteiger partial charge in [-0.25, -0.2) is 0 Å². The summed E-state index contributed by atoms with van der Waals surface area (Å²) in [6.07, 6.45) is 14.9. The third-order valence-corrected chi connectivity index (χ3v) is 4.00. The minimum absolute atomic E-state index is 0.331. The normalized spacial score (nSPS) is 35.7. The molecular weight excluding hydrogens is 198 g/mol. The van der Waals surface area contributed by atoms with Crippen LogP contribution in [-0.2, 0) is 0 Å². The van der Waals surface area contributed by atoms with Gasteiger partial charge in [0.15, 0.2) is 0 Å². The Bertz CT molecular complexity index is 403. The van der Waals surface area contributed by atoms with E-state index < -0.39 is 0 Å². The van der Waals surface area contributed by atoms with Crippen molar-refractivity contribution in [1.82, 2.24) is 5.32 Å². The number of hydrogen-bond acceptors (Lipinski definition) is 2. The summed E-state index contributed by atoms with van der Waals surface area (Å²) in [6, 6.07) is 0. The summed E-state index contributed by atoms with van der Waals surface area (Å²) >= 11 is 0. The summed E-state index contributed by atoms with van der Waals surface area (Å²) < 4.78 is 0. The number of allylic oxidation sites excluding steroid dienone is 6. The molecule has 1 aliphatic heterocycles. The molecule has 2 bridgehead atoms. The molecule has 1 heterocycles. The standard InChI is InChI=1S/C14H17NO/c16-9-11-8-10-5-6-12(11)14(10)13-4-2-1-3-7-15-13/h1-5,7,11-12,14-16H,6,8-9H2. The number of hydrogen-bond donors (Lipinski definition) is 2. The van der Waals surface area contributed by atoms with Gasteiger partial charge in [0, 0.05) is 24.4 Å². The predicted molar refractivity (Wildman–Crippen MR) is 64.4 cm³/mol. The van der Waals surface area contributed by atoms with Crippen molar-refractivity contribution in [3.63, 3.8) is 0 Å². The fourth-order valence-corrected chi connectivity index (χ4v) is 3.25. The highest BCUT2D eigenvalue weighted by molar-refractivity contribution is 5.35. The molecule has 16 heavy (non-hydrogen) atoms. The van der Waals surface area contributed by atoms with E-state index >= 15 is 0 Å². The van der Waals surface area contributed by atoms with Gasteiger partial charge in [0.2, 0.25) is 0 Å². The minimum Gasteiger partial charge on any atom is -0.396 e. The lowest BCUT2D eigenvalue weighted by Crippen LogP contribution is -2.21. The molecule has 2 nitrogen and oxygen atoms in total. The minimum atomic E-state index is 0.331. The lowest BCUT2D eigenvalue weighted by Gasteiger charge is -2.21. The van der Waals surface area contributed by atoms with E-state index in [1.807, 2.05) is 18.4 Å². The van der Waals surface area contributed by atoms with Crippen LogP contribution in [0, 0.1) is 17.8 Å². The molecule has 3 aliphatic rings.